The van der Waals surface area contributed by atoms with Crippen molar-refractivity contribution in [3.05, 3.63) is 39.9 Å². The summed E-state index contributed by atoms with van der Waals surface area (Å²) in [5, 5.41) is 20.9. The fourth-order valence-electron chi connectivity index (χ4n) is 0.874. The third-order valence-electron chi connectivity index (χ3n) is 1.54. The zero-order chi connectivity index (χ0) is 10.6. The van der Waals surface area contributed by atoms with Crippen LogP contribution in [0.25, 0.3) is 0 Å². The van der Waals surface area contributed by atoms with Gasteiger partial charge >= 0.3 is 0 Å². The molecule has 6 nitrogen and oxygen atoms in total. The van der Waals surface area contributed by atoms with Crippen LogP contribution < -0.4 is 0 Å². The van der Waals surface area contributed by atoms with E-state index in [-0.39, 0.29) is 11.3 Å². The van der Waals surface area contributed by atoms with Gasteiger partial charge in [0.05, 0.1) is 4.92 Å². The summed E-state index contributed by atoms with van der Waals surface area (Å²) in [6.45, 7) is 0. The summed E-state index contributed by atoms with van der Waals surface area (Å²) < 4.78 is 0. The van der Waals surface area contributed by atoms with Gasteiger partial charge in [-0.25, -0.2) is 0 Å². The molecule has 1 aromatic carbocycles. The third kappa shape index (κ3) is 2.13. The van der Waals surface area contributed by atoms with E-state index in [1.807, 2.05) is 0 Å². The summed E-state index contributed by atoms with van der Waals surface area (Å²) in [5.74, 6) is -0.512. The van der Waals surface area contributed by atoms with Gasteiger partial charge in [0.25, 0.3) is 5.69 Å². The largest absolute Gasteiger partial charge is 0.411 e. The quantitative estimate of drug-likeness (QED) is 0.257. The number of nitrogens with zero attached hydrogens (tertiary/aromatic N) is 2. The van der Waals surface area contributed by atoms with Gasteiger partial charge in [0.2, 0.25) is 5.78 Å². The number of hydrogen-bond donors (Lipinski definition) is 1. The average molecular weight is 194 g/mol. The zero-order valence-electron chi connectivity index (χ0n) is 6.95. The summed E-state index contributed by atoms with van der Waals surface area (Å²) in [5.41, 5.74) is 0.135. The Kier molecular flexibility index (Phi) is 2.90. The van der Waals surface area contributed by atoms with Crippen molar-refractivity contribution in [2.24, 2.45) is 5.16 Å². The Balaban J connectivity index is 2.94. The molecule has 0 heterocycles. The highest BCUT2D eigenvalue weighted by atomic mass is 16.6. The number of oxime groups is 1. The molecule has 1 aromatic rings. The molecule has 72 valence electrons. The average Bonchev–Trinajstić information content (AvgIpc) is 2.18. The molecule has 0 radical (unpaired) electrons. The Morgan fingerprint density at radius 1 is 1.43 bits per heavy atom. The molecule has 0 fully saturated rings. The van der Waals surface area contributed by atoms with Gasteiger partial charge in [-0.1, -0.05) is 5.16 Å². The molecule has 0 bridgehead atoms. The van der Waals surface area contributed by atoms with Gasteiger partial charge in [0.1, 0.15) is 6.21 Å². The number of hydrogen-bond acceptors (Lipinski definition) is 5. The minimum absolute atomic E-state index is 0.0949. The van der Waals surface area contributed by atoms with Crippen LogP contribution in [-0.2, 0) is 0 Å². The number of nitro groups is 1. The first-order chi connectivity index (χ1) is 6.65. The normalized spacial score (nSPS) is 10.3. The van der Waals surface area contributed by atoms with Gasteiger partial charge in [0.15, 0.2) is 0 Å². The standard InChI is InChI=1S/C8H6N2O4/c11-8(5-9-12)6-1-3-7(4-2-6)10(13)14/h1-5,12H/b9-5+. The molecule has 0 spiro atoms. The number of carbonyl (C=O) groups excluding carboxylic acids is 1. The van der Waals surface area contributed by atoms with Crippen molar-refractivity contribution in [3.63, 3.8) is 0 Å². The lowest BCUT2D eigenvalue weighted by atomic mass is 10.1. The molecule has 0 aliphatic rings. The third-order valence-corrected chi connectivity index (χ3v) is 1.54. The number of nitro benzene ring substituents is 1. The lowest BCUT2D eigenvalue weighted by Crippen LogP contribution is -2.00. The number of rotatable bonds is 3. The number of carbonyl (C=O) groups is 1. The summed E-state index contributed by atoms with van der Waals surface area (Å²) in [4.78, 5) is 20.7. The van der Waals surface area contributed by atoms with E-state index in [2.05, 4.69) is 5.16 Å². The molecule has 0 saturated heterocycles. The Hall–Kier alpha value is -2.24. The van der Waals surface area contributed by atoms with E-state index in [9.17, 15) is 14.9 Å². The van der Waals surface area contributed by atoms with Gasteiger partial charge in [-0.3, -0.25) is 14.9 Å². The minimum Gasteiger partial charge on any atom is -0.411 e. The molecule has 0 saturated carbocycles. The number of Topliss-reactive ketones (excluding diaryl/α,β-unsaturated/α-hetero) is 1. The van der Waals surface area contributed by atoms with Gasteiger partial charge in [-0.15, -0.1) is 0 Å². The zero-order valence-corrected chi connectivity index (χ0v) is 6.95. The fraction of sp³-hybridized carbons (Fsp3) is 0. The smallest absolute Gasteiger partial charge is 0.269 e. The highest BCUT2D eigenvalue weighted by molar-refractivity contribution is 6.35. The molecule has 0 aliphatic heterocycles. The minimum atomic E-state index is -0.561. The van der Waals surface area contributed by atoms with Crippen LogP contribution in [0.15, 0.2) is 29.4 Å². The molecule has 1 rings (SSSR count). The van der Waals surface area contributed by atoms with E-state index in [4.69, 9.17) is 5.21 Å². The second-order valence-corrected chi connectivity index (χ2v) is 2.41. The molecular weight excluding hydrogens is 188 g/mol. The maximum atomic E-state index is 11.0. The summed E-state index contributed by atoms with van der Waals surface area (Å²) >= 11 is 0. The maximum Gasteiger partial charge on any atom is 0.269 e. The van der Waals surface area contributed by atoms with E-state index in [0.29, 0.717) is 0 Å². The number of ketones is 1. The SMILES string of the molecule is O=C(/C=N/O)c1ccc([N+](=O)[O-])cc1. The number of benzene rings is 1. The first-order valence-corrected chi connectivity index (χ1v) is 3.61. The van der Waals surface area contributed by atoms with Crippen molar-refractivity contribution < 1.29 is 14.9 Å². The summed E-state index contributed by atoms with van der Waals surface area (Å²) in [6.07, 6.45) is 0.723. The molecular formula is C8H6N2O4. The van der Waals surface area contributed by atoms with Gasteiger partial charge in [0, 0.05) is 17.7 Å². The van der Waals surface area contributed by atoms with Crippen molar-refractivity contribution in [1.29, 1.82) is 0 Å². The molecule has 0 atom stereocenters. The molecule has 1 N–H and O–H groups in total. The van der Waals surface area contributed by atoms with Crippen molar-refractivity contribution >= 4 is 17.7 Å². The first-order valence-electron chi connectivity index (χ1n) is 3.61. The van der Waals surface area contributed by atoms with Crippen LogP contribution in [0.5, 0.6) is 0 Å². The van der Waals surface area contributed by atoms with Crippen LogP contribution in [0.2, 0.25) is 0 Å². The van der Waals surface area contributed by atoms with E-state index in [1.54, 1.807) is 0 Å². The number of non-ortho nitro benzene ring substituents is 1. The predicted molar refractivity (Wildman–Crippen MR) is 47.7 cm³/mol. The van der Waals surface area contributed by atoms with E-state index in [0.717, 1.165) is 6.21 Å². The van der Waals surface area contributed by atoms with Crippen LogP contribution in [0.1, 0.15) is 10.4 Å². The maximum absolute atomic E-state index is 11.0. The molecule has 14 heavy (non-hydrogen) atoms. The highest BCUT2D eigenvalue weighted by Crippen LogP contribution is 2.11. The molecule has 0 aliphatic carbocycles. The van der Waals surface area contributed by atoms with Crippen LogP contribution in [0.3, 0.4) is 0 Å². The van der Waals surface area contributed by atoms with Crippen molar-refractivity contribution in [2.75, 3.05) is 0 Å². The molecule has 6 heteroatoms. The van der Waals surface area contributed by atoms with Crippen molar-refractivity contribution in [1.82, 2.24) is 0 Å². The lowest BCUT2D eigenvalue weighted by molar-refractivity contribution is -0.384. The summed E-state index contributed by atoms with van der Waals surface area (Å²) in [7, 11) is 0. The summed E-state index contributed by atoms with van der Waals surface area (Å²) in [6, 6.07) is 5.00. The Bertz CT molecular complexity index is 383. The van der Waals surface area contributed by atoms with Crippen LogP contribution in [0, 0.1) is 10.1 Å². The lowest BCUT2D eigenvalue weighted by Gasteiger charge is -1.93. The van der Waals surface area contributed by atoms with Crippen molar-refractivity contribution in [3.8, 4) is 0 Å². The van der Waals surface area contributed by atoms with Crippen LogP contribution in [-0.4, -0.2) is 22.1 Å². The second-order valence-electron chi connectivity index (χ2n) is 2.41. The monoisotopic (exact) mass is 194 g/mol. The van der Waals surface area contributed by atoms with Gasteiger partial charge < -0.3 is 5.21 Å². The van der Waals surface area contributed by atoms with Crippen LogP contribution >= 0.6 is 0 Å². The molecule has 0 amide bonds. The second kappa shape index (κ2) is 4.13. The Morgan fingerprint density at radius 2 is 2.00 bits per heavy atom. The van der Waals surface area contributed by atoms with Gasteiger partial charge in [-0.05, 0) is 12.1 Å². The van der Waals surface area contributed by atoms with Crippen molar-refractivity contribution in [2.45, 2.75) is 0 Å². The first kappa shape index (κ1) is 9.85. The fourth-order valence-corrected chi connectivity index (χ4v) is 0.874. The van der Waals surface area contributed by atoms with E-state index >= 15 is 0 Å². The van der Waals surface area contributed by atoms with Crippen LogP contribution in [0.4, 0.5) is 5.69 Å². The molecule has 0 aromatic heterocycles. The Labute approximate surface area is 78.6 Å². The Morgan fingerprint density at radius 3 is 2.43 bits per heavy atom. The van der Waals surface area contributed by atoms with E-state index in [1.165, 1.54) is 24.3 Å². The predicted octanol–water partition coefficient (Wildman–Crippen LogP) is 1.24. The molecule has 0 unspecified atom stereocenters. The van der Waals surface area contributed by atoms with Gasteiger partial charge in [-0.2, -0.15) is 0 Å². The highest BCUT2D eigenvalue weighted by Gasteiger charge is 2.07. The topological polar surface area (TPSA) is 92.8 Å². The van der Waals surface area contributed by atoms with E-state index < -0.39 is 10.7 Å².